The average molecular weight is 602 g/mol. The summed E-state index contributed by atoms with van der Waals surface area (Å²) in [7, 11) is 0. The highest BCUT2D eigenvalue weighted by Gasteiger charge is 2.39. The van der Waals surface area contributed by atoms with Crippen LogP contribution in [0.2, 0.25) is 0 Å². The average Bonchev–Trinajstić information content (AvgIpc) is 3.43. The molecule has 3 aromatic rings. The summed E-state index contributed by atoms with van der Waals surface area (Å²) >= 11 is 0. The Morgan fingerprint density at radius 1 is 0.932 bits per heavy atom. The van der Waals surface area contributed by atoms with E-state index in [0.717, 1.165) is 34.7 Å². The van der Waals surface area contributed by atoms with Gasteiger partial charge in [0.2, 0.25) is 23.6 Å². The Morgan fingerprint density at radius 2 is 1.66 bits per heavy atom. The van der Waals surface area contributed by atoms with E-state index in [1.807, 2.05) is 47.4 Å². The quantitative estimate of drug-likeness (QED) is 0.210. The molecule has 1 aliphatic heterocycles. The van der Waals surface area contributed by atoms with E-state index in [4.69, 9.17) is 16.2 Å². The lowest BCUT2D eigenvalue weighted by Gasteiger charge is -2.30. The zero-order chi connectivity index (χ0) is 31.5. The molecule has 10 heteroatoms. The van der Waals surface area contributed by atoms with Crippen LogP contribution >= 0.6 is 0 Å². The number of benzene rings is 3. The van der Waals surface area contributed by atoms with Crippen molar-refractivity contribution in [2.24, 2.45) is 11.5 Å². The molecule has 0 aromatic heterocycles. The molecule has 10 nitrogen and oxygen atoms in total. The summed E-state index contributed by atoms with van der Waals surface area (Å²) in [5.74, 6) is -1.77. The molecule has 1 saturated heterocycles. The van der Waals surface area contributed by atoms with Gasteiger partial charge in [-0.3, -0.25) is 19.2 Å². The Morgan fingerprint density at radius 3 is 2.36 bits per heavy atom. The molecule has 4 atom stereocenters. The van der Waals surface area contributed by atoms with Gasteiger partial charge in [0.25, 0.3) is 0 Å². The molecule has 1 aliphatic rings. The van der Waals surface area contributed by atoms with E-state index in [1.54, 1.807) is 0 Å². The van der Waals surface area contributed by atoms with Crippen molar-refractivity contribution in [3.8, 4) is 0 Å². The van der Waals surface area contributed by atoms with Crippen LogP contribution in [0.15, 0.2) is 72.8 Å². The Hall–Kier alpha value is -4.28. The van der Waals surface area contributed by atoms with Crippen LogP contribution in [0, 0.1) is 0 Å². The normalized spacial score (nSPS) is 17.6. The Labute approximate surface area is 258 Å². The topological polar surface area (TPSA) is 157 Å². The SMILES string of the molecule is CC(=O)N[C@H](CCC(N)=O)C(=O)N[C@H](Cc1ccccc1)C(=O)N1C[C@H](OCc2ccc3ccccc3c2)C[C@@H]1CCCN. The molecule has 234 valence electrons. The lowest BCUT2D eigenvalue weighted by atomic mass is 10.0. The van der Waals surface area contributed by atoms with Gasteiger partial charge in [0.15, 0.2) is 0 Å². The number of likely N-dealkylation sites (tertiary alicyclic amines) is 1. The standard InChI is InChI=1S/C34H43N5O5/c1-23(40)37-30(15-16-32(36)41)33(42)38-31(19-24-8-3-2-4-9-24)34(43)39-21-29(20-28(39)12-7-17-35)44-22-25-13-14-26-10-5-6-11-27(26)18-25/h2-6,8-11,13-14,18,28-31H,7,12,15-17,19-22,35H2,1H3,(H2,36,41)(H,37,40)(H,38,42)/t28-,29+,30+,31+/m0/s1. The second kappa shape index (κ2) is 16.0. The third-order valence-corrected chi connectivity index (χ3v) is 7.97. The van der Waals surface area contributed by atoms with Crippen LogP contribution in [-0.2, 0) is 36.9 Å². The monoisotopic (exact) mass is 601 g/mol. The Kier molecular flexibility index (Phi) is 11.8. The van der Waals surface area contributed by atoms with E-state index >= 15 is 0 Å². The first kappa shape index (κ1) is 32.6. The van der Waals surface area contributed by atoms with Gasteiger partial charge < -0.3 is 31.7 Å². The summed E-state index contributed by atoms with van der Waals surface area (Å²) in [5, 5.41) is 7.77. The number of hydrogen-bond acceptors (Lipinski definition) is 6. The first-order valence-electron chi connectivity index (χ1n) is 15.2. The first-order chi connectivity index (χ1) is 21.2. The highest BCUT2D eigenvalue weighted by molar-refractivity contribution is 5.92. The zero-order valence-electron chi connectivity index (χ0n) is 25.2. The summed E-state index contributed by atoms with van der Waals surface area (Å²) in [5.41, 5.74) is 13.1. The molecular weight excluding hydrogens is 558 g/mol. The lowest BCUT2D eigenvalue weighted by molar-refractivity contribution is -0.138. The van der Waals surface area contributed by atoms with Crippen molar-refractivity contribution in [1.29, 1.82) is 0 Å². The predicted octanol–water partition coefficient (Wildman–Crippen LogP) is 2.56. The maximum Gasteiger partial charge on any atom is 0.245 e. The van der Waals surface area contributed by atoms with Gasteiger partial charge in [0.1, 0.15) is 12.1 Å². The van der Waals surface area contributed by atoms with Crippen LogP contribution in [0.1, 0.15) is 50.2 Å². The molecule has 6 N–H and O–H groups in total. The number of carbonyl (C=O) groups is 4. The Balaban J connectivity index is 1.50. The van der Waals surface area contributed by atoms with E-state index in [2.05, 4.69) is 41.0 Å². The van der Waals surface area contributed by atoms with Gasteiger partial charge in [-0.15, -0.1) is 0 Å². The summed E-state index contributed by atoms with van der Waals surface area (Å²) in [4.78, 5) is 52.6. The second-order valence-corrected chi connectivity index (χ2v) is 11.4. The van der Waals surface area contributed by atoms with Crippen molar-refractivity contribution in [3.05, 3.63) is 83.9 Å². The number of nitrogens with one attached hydrogen (secondary N) is 2. The first-order valence-corrected chi connectivity index (χ1v) is 15.2. The molecule has 3 aromatic carbocycles. The van der Waals surface area contributed by atoms with Crippen molar-refractivity contribution >= 4 is 34.4 Å². The van der Waals surface area contributed by atoms with Crippen molar-refractivity contribution in [2.45, 2.75) is 76.3 Å². The van der Waals surface area contributed by atoms with Gasteiger partial charge in [0, 0.05) is 32.4 Å². The van der Waals surface area contributed by atoms with Gasteiger partial charge in [-0.25, -0.2) is 0 Å². The van der Waals surface area contributed by atoms with Crippen LogP contribution in [0.25, 0.3) is 10.8 Å². The van der Waals surface area contributed by atoms with Crippen molar-refractivity contribution in [3.63, 3.8) is 0 Å². The number of amides is 4. The third-order valence-electron chi connectivity index (χ3n) is 7.97. The number of nitrogens with two attached hydrogens (primary N) is 2. The summed E-state index contributed by atoms with van der Waals surface area (Å²) in [6.07, 6.45) is 2.16. The lowest BCUT2D eigenvalue weighted by Crippen LogP contribution is -2.56. The van der Waals surface area contributed by atoms with Gasteiger partial charge in [-0.05, 0) is 60.2 Å². The van der Waals surface area contributed by atoms with E-state index < -0.39 is 29.8 Å². The number of carbonyl (C=O) groups excluding carboxylic acids is 4. The minimum atomic E-state index is -1.00. The molecule has 44 heavy (non-hydrogen) atoms. The van der Waals surface area contributed by atoms with Crippen LogP contribution in [0.4, 0.5) is 0 Å². The molecule has 0 saturated carbocycles. The fourth-order valence-electron chi connectivity index (χ4n) is 5.76. The van der Waals surface area contributed by atoms with Gasteiger partial charge in [-0.2, -0.15) is 0 Å². The van der Waals surface area contributed by atoms with E-state index in [0.29, 0.717) is 26.1 Å². The molecule has 1 fully saturated rings. The predicted molar refractivity (Wildman–Crippen MR) is 169 cm³/mol. The smallest absolute Gasteiger partial charge is 0.245 e. The molecule has 4 amide bonds. The molecule has 0 bridgehead atoms. The van der Waals surface area contributed by atoms with E-state index in [-0.39, 0.29) is 37.3 Å². The summed E-state index contributed by atoms with van der Waals surface area (Å²) < 4.78 is 6.34. The minimum absolute atomic E-state index is 0.0283. The van der Waals surface area contributed by atoms with Crippen LogP contribution in [-0.4, -0.2) is 65.8 Å². The highest BCUT2D eigenvalue weighted by Crippen LogP contribution is 2.27. The molecular formula is C34H43N5O5. The summed E-state index contributed by atoms with van der Waals surface area (Å²) in [6, 6.07) is 21.9. The fraction of sp³-hybridized carbons (Fsp3) is 0.412. The largest absolute Gasteiger partial charge is 0.372 e. The fourth-order valence-corrected chi connectivity index (χ4v) is 5.76. The molecule has 0 unspecified atom stereocenters. The molecule has 4 rings (SSSR count). The Bertz CT molecular complexity index is 1430. The van der Waals surface area contributed by atoms with Crippen LogP contribution < -0.4 is 22.1 Å². The molecule has 0 radical (unpaired) electrons. The molecule has 1 heterocycles. The van der Waals surface area contributed by atoms with Crippen molar-refractivity contribution in [2.75, 3.05) is 13.1 Å². The number of rotatable bonds is 15. The number of fused-ring (bicyclic) bond motifs is 1. The molecule has 0 aliphatic carbocycles. The van der Waals surface area contributed by atoms with Gasteiger partial charge >= 0.3 is 0 Å². The summed E-state index contributed by atoms with van der Waals surface area (Å²) in [6.45, 7) is 2.61. The molecule has 0 spiro atoms. The number of nitrogens with zero attached hydrogens (tertiary/aromatic N) is 1. The third kappa shape index (κ3) is 9.36. The minimum Gasteiger partial charge on any atom is -0.372 e. The van der Waals surface area contributed by atoms with Crippen molar-refractivity contribution in [1.82, 2.24) is 15.5 Å². The van der Waals surface area contributed by atoms with Gasteiger partial charge in [-0.1, -0.05) is 66.7 Å². The van der Waals surface area contributed by atoms with Gasteiger partial charge in [0.05, 0.1) is 12.7 Å². The van der Waals surface area contributed by atoms with Crippen molar-refractivity contribution < 1.29 is 23.9 Å². The van der Waals surface area contributed by atoms with E-state index in [9.17, 15) is 19.2 Å². The second-order valence-electron chi connectivity index (χ2n) is 11.4. The van der Waals surface area contributed by atoms with Crippen LogP contribution in [0.5, 0.6) is 0 Å². The number of ether oxygens (including phenoxy) is 1. The van der Waals surface area contributed by atoms with E-state index in [1.165, 1.54) is 6.92 Å². The maximum atomic E-state index is 14.2. The maximum absolute atomic E-state index is 14.2. The zero-order valence-corrected chi connectivity index (χ0v) is 25.2. The van der Waals surface area contributed by atoms with Crippen LogP contribution in [0.3, 0.4) is 0 Å². The highest BCUT2D eigenvalue weighted by atomic mass is 16.5. The number of primary amides is 1. The number of hydrogen-bond donors (Lipinski definition) is 4.